The van der Waals surface area contributed by atoms with Gasteiger partial charge in [-0.25, -0.2) is 4.79 Å². The zero-order chi connectivity index (χ0) is 21.3. The molecule has 0 radical (unpaired) electrons. The molecule has 1 aromatic heterocycles. The number of halogens is 2. The number of fused-ring (bicyclic) bond motifs is 1. The van der Waals surface area contributed by atoms with Crippen molar-refractivity contribution in [1.82, 2.24) is 4.57 Å². The summed E-state index contributed by atoms with van der Waals surface area (Å²) >= 11 is 13.6. The number of ether oxygens (including phenoxy) is 1. The fourth-order valence-electron chi connectivity index (χ4n) is 3.31. The maximum Gasteiger partial charge on any atom is 0.353 e. The Kier molecular flexibility index (Phi) is 5.95. The Labute approximate surface area is 188 Å². The maximum absolute atomic E-state index is 12.3. The highest BCUT2D eigenvalue weighted by atomic mass is 35.5. The number of carboxylic acid groups (broad SMARTS) is 1. The standard InChI is InChI=1S/C23H17Cl2NO3S/c1-29-17-7-9-18(10-8-17)30-22-19-12-16(25)6-11-20(19)26(21(22)23(27)28)13-14-2-4-15(24)5-3-14/h2-12H,13H2,1H3,(H,27,28). The SMILES string of the molecule is COc1ccc(Sc2c(C(=O)O)n(Cc3ccc(Cl)cc3)c3ccc(Cl)cc23)cc1. The monoisotopic (exact) mass is 457 g/mol. The molecule has 7 heteroatoms. The average molecular weight is 458 g/mol. The first-order valence-corrected chi connectivity index (χ1v) is 10.6. The predicted molar refractivity (Wildman–Crippen MR) is 122 cm³/mol. The van der Waals surface area contributed by atoms with Gasteiger partial charge in [0.15, 0.2) is 0 Å². The van der Waals surface area contributed by atoms with Crippen LogP contribution in [0.15, 0.2) is 76.5 Å². The number of benzene rings is 3. The van der Waals surface area contributed by atoms with Crippen molar-refractivity contribution < 1.29 is 14.6 Å². The lowest BCUT2D eigenvalue weighted by atomic mass is 10.2. The summed E-state index contributed by atoms with van der Waals surface area (Å²) < 4.78 is 7.02. The van der Waals surface area contributed by atoms with Crippen LogP contribution in [0, 0.1) is 0 Å². The molecule has 30 heavy (non-hydrogen) atoms. The van der Waals surface area contributed by atoms with Gasteiger partial charge >= 0.3 is 5.97 Å². The quantitative estimate of drug-likeness (QED) is 0.343. The molecule has 4 aromatic rings. The fourth-order valence-corrected chi connectivity index (χ4v) is 4.68. The van der Waals surface area contributed by atoms with E-state index < -0.39 is 5.97 Å². The molecule has 4 nitrogen and oxygen atoms in total. The molecule has 0 aliphatic carbocycles. The van der Waals surface area contributed by atoms with Gasteiger partial charge in [0.05, 0.1) is 17.5 Å². The van der Waals surface area contributed by atoms with E-state index in [2.05, 4.69) is 0 Å². The summed E-state index contributed by atoms with van der Waals surface area (Å²) in [5, 5.41) is 12.1. The molecule has 4 rings (SSSR count). The number of rotatable bonds is 6. The Morgan fingerprint density at radius 2 is 1.67 bits per heavy atom. The summed E-state index contributed by atoms with van der Waals surface area (Å²) in [5.74, 6) is -0.252. The molecule has 152 valence electrons. The third-order valence-electron chi connectivity index (χ3n) is 4.71. The van der Waals surface area contributed by atoms with Crippen molar-refractivity contribution in [3.8, 4) is 5.75 Å². The summed E-state index contributed by atoms with van der Waals surface area (Å²) in [6.45, 7) is 0.403. The zero-order valence-corrected chi connectivity index (χ0v) is 18.3. The number of carbonyl (C=O) groups is 1. The Bertz CT molecular complexity index is 1220. The zero-order valence-electron chi connectivity index (χ0n) is 15.9. The Hall–Kier alpha value is -2.60. The van der Waals surface area contributed by atoms with Crippen molar-refractivity contribution in [3.05, 3.63) is 88.0 Å². The maximum atomic E-state index is 12.3. The molecular formula is C23H17Cl2NO3S. The normalized spacial score (nSPS) is 11.0. The second-order valence-corrected chi connectivity index (χ2v) is 8.59. The molecule has 0 fully saturated rings. The van der Waals surface area contributed by atoms with Crippen LogP contribution in [0.2, 0.25) is 10.0 Å². The summed E-state index contributed by atoms with van der Waals surface area (Å²) in [7, 11) is 1.61. The molecule has 0 saturated heterocycles. The van der Waals surface area contributed by atoms with Gasteiger partial charge in [0.1, 0.15) is 11.4 Å². The van der Waals surface area contributed by atoms with Crippen LogP contribution in [0.25, 0.3) is 10.9 Å². The van der Waals surface area contributed by atoms with Gasteiger partial charge in [-0.3, -0.25) is 0 Å². The van der Waals surface area contributed by atoms with Crippen molar-refractivity contribution in [3.63, 3.8) is 0 Å². The summed E-state index contributed by atoms with van der Waals surface area (Å²) in [5.41, 5.74) is 1.99. The molecule has 0 saturated carbocycles. The second-order valence-electron chi connectivity index (χ2n) is 6.63. The number of methoxy groups -OCH3 is 1. The van der Waals surface area contributed by atoms with Gasteiger partial charge in [0, 0.05) is 26.9 Å². The second kappa shape index (κ2) is 8.64. The van der Waals surface area contributed by atoms with E-state index >= 15 is 0 Å². The van der Waals surface area contributed by atoms with Crippen LogP contribution >= 0.6 is 35.0 Å². The highest BCUT2D eigenvalue weighted by Gasteiger charge is 2.24. The minimum absolute atomic E-state index is 0.225. The van der Waals surface area contributed by atoms with Crippen molar-refractivity contribution in [2.45, 2.75) is 16.3 Å². The van der Waals surface area contributed by atoms with Crippen LogP contribution in [-0.4, -0.2) is 22.8 Å². The van der Waals surface area contributed by atoms with Gasteiger partial charge in [-0.2, -0.15) is 0 Å². The largest absolute Gasteiger partial charge is 0.497 e. The summed E-state index contributed by atoms with van der Waals surface area (Å²) in [6.07, 6.45) is 0. The Balaban J connectivity index is 1.87. The van der Waals surface area contributed by atoms with E-state index in [0.717, 1.165) is 27.1 Å². The molecule has 1 heterocycles. The highest BCUT2D eigenvalue weighted by Crippen LogP contribution is 2.40. The minimum Gasteiger partial charge on any atom is -0.497 e. The molecule has 0 aliphatic heterocycles. The van der Waals surface area contributed by atoms with Crippen LogP contribution in [0.3, 0.4) is 0 Å². The molecule has 0 spiro atoms. The molecule has 0 bridgehead atoms. The fraction of sp³-hybridized carbons (Fsp3) is 0.0870. The van der Waals surface area contributed by atoms with Gasteiger partial charge in [-0.05, 0) is 60.2 Å². The third kappa shape index (κ3) is 4.15. The topological polar surface area (TPSA) is 51.5 Å². The number of aromatic carboxylic acids is 1. The third-order valence-corrected chi connectivity index (χ3v) is 6.33. The van der Waals surface area contributed by atoms with Crippen molar-refractivity contribution >= 4 is 51.8 Å². The molecule has 1 N–H and O–H groups in total. The van der Waals surface area contributed by atoms with E-state index in [-0.39, 0.29) is 5.69 Å². The van der Waals surface area contributed by atoms with Crippen LogP contribution in [0.5, 0.6) is 5.75 Å². The minimum atomic E-state index is -0.993. The first kappa shape index (κ1) is 20.7. The molecule has 0 atom stereocenters. The van der Waals surface area contributed by atoms with E-state index in [0.29, 0.717) is 21.5 Å². The summed E-state index contributed by atoms with van der Waals surface area (Å²) in [4.78, 5) is 13.9. The first-order valence-electron chi connectivity index (χ1n) is 9.07. The van der Waals surface area contributed by atoms with Gasteiger partial charge in [0.2, 0.25) is 0 Å². The number of hydrogen-bond acceptors (Lipinski definition) is 3. The smallest absolute Gasteiger partial charge is 0.353 e. The Morgan fingerprint density at radius 3 is 2.30 bits per heavy atom. The first-order chi connectivity index (χ1) is 14.5. The highest BCUT2D eigenvalue weighted by molar-refractivity contribution is 7.99. The van der Waals surface area contributed by atoms with E-state index in [9.17, 15) is 9.90 Å². The van der Waals surface area contributed by atoms with Crippen molar-refractivity contribution in [2.24, 2.45) is 0 Å². The van der Waals surface area contributed by atoms with Gasteiger partial charge < -0.3 is 14.4 Å². The van der Waals surface area contributed by atoms with Gasteiger partial charge in [0.25, 0.3) is 0 Å². The van der Waals surface area contributed by atoms with Crippen LogP contribution in [0.4, 0.5) is 0 Å². The molecule has 3 aromatic carbocycles. The van der Waals surface area contributed by atoms with Crippen LogP contribution < -0.4 is 4.74 Å². The van der Waals surface area contributed by atoms with Crippen molar-refractivity contribution in [2.75, 3.05) is 7.11 Å². The number of aromatic nitrogens is 1. The van der Waals surface area contributed by atoms with E-state index in [4.69, 9.17) is 27.9 Å². The van der Waals surface area contributed by atoms with Gasteiger partial charge in [-0.15, -0.1) is 0 Å². The van der Waals surface area contributed by atoms with E-state index in [1.807, 2.05) is 53.1 Å². The van der Waals surface area contributed by atoms with Crippen LogP contribution in [0.1, 0.15) is 16.1 Å². The Morgan fingerprint density at radius 1 is 1.00 bits per heavy atom. The van der Waals surface area contributed by atoms with E-state index in [1.54, 1.807) is 25.3 Å². The van der Waals surface area contributed by atoms with Crippen LogP contribution in [-0.2, 0) is 6.54 Å². The lowest BCUT2D eigenvalue weighted by Crippen LogP contribution is -2.10. The predicted octanol–water partition coefficient (Wildman–Crippen LogP) is 6.85. The lowest BCUT2D eigenvalue weighted by molar-refractivity contribution is 0.0682. The van der Waals surface area contributed by atoms with E-state index in [1.165, 1.54) is 11.8 Å². The lowest BCUT2D eigenvalue weighted by Gasteiger charge is -2.10. The summed E-state index contributed by atoms with van der Waals surface area (Å²) in [6, 6.07) is 20.3. The number of carboxylic acids is 1. The molecule has 0 amide bonds. The molecule has 0 aliphatic rings. The molecule has 0 unspecified atom stereocenters. The van der Waals surface area contributed by atoms with Gasteiger partial charge in [-0.1, -0.05) is 47.1 Å². The van der Waals surface area contributed by atoms with Crippen molar-refractivity contribution in [1.29, 1.82) is 0 Å². The molecular weight excluding hydrogens is 441 g/mol. The number of nitrogens with zero attached hydrogens (tertiary/aromatic N) is 1. The number of hydrogen-bond donors (Lipinski definition) is 1. The average Bonchev–Trinajstić information content (AvgIpc) is 3.03.